The maximum atomic E-state index is 12.4. The van der Waals surface area contributed by atoms with Gasteiger partial charge in [-0.1, -0.05) is 12.1 Å². The van der Waals surface area contributed by atoms with Gasteiger partial charge in [0, 0.05) is 41.8 Å². The van der Waals surface area contributed by atoms with E-state index >= 15 is 0 Å². The van der Waals surface area contributed by atoms with Crippen LogP contribution in [-0.2, 0) is 17.6 Å². The standard InChI is InChI=1S/C30H35N5O4/c1-39-29(38)26-18-32-30(35-28(26)33-22-10-12-25(36)13-11-22)34-23-7-4-19(5-8-23)6-9-24-17-21(14-15-31-24)27(37)16-20-2-3-20/h4-5,7-8,14-15,17-18,20,22,25,36H,2-3,6,9-13,16H2,1H3,(H2,32,33,34,35). The largest absolute Gasteiger partial charge is 0.465 e. The second-order valence-electron chi connectivity index (χ2n) is 10.5. The maximum Gasteiger partial charge on any atom is 0.343 e. The van der Waals surface area contributed by atoms with Crippen LogP contribution in [0.4, 0.5) is 17.5 Å². The van der Waals surface area contributed by atoms with Crippen molar-refractivity contribution >= 4 is 29.2 Å². The SMILES string of the molecule is COC(=O)c1cnc(Nc2ccc(CCc3cc(C(=O)CC4CC4)ccn3)cc2)nc1NC1CCC(O)CC1. The minimum Gasteiger partial charge on any atom is -0.465 e. The molecule has 5 rings (SSSR count). The van der Waals surface area contributed by atoms with Gasteiger partial charge in [0.2, 0.25) is 5.95 Å². The van der Waals surface area contributed by atoms with Crippen LogP contribution in [0.1, 0.15) is 76.9 Å². The lowest BCUT2D eigenvalue weighted by Crippen LogP contribution is -2.29. The first-order valence-corrected chi connectivity index (χ1v) is 13.7. The number of ketones is 1. The summed E-state index contributed by atoms with van der Waals surface area (Å²) in [4.78, 5) is 38.0. The van der Waals surface area contributed by atoms with E-state index in [9.17, 15) is 14.7 Å². The third kappa shape index (κ3) is 7.38. The number of hydrogen-bond donors (Lipinski definition) is 3. The lowest BCUT2D eigenvalue weighted by atomic mass is 9.93. The molecule has 0 aliphatic heterocycles. The summed E-state index contributed by atoms with van der Waals surface area (Å²) in [5.74, 6) is 1.08. The van der Waals surface area contributed by atoms with Crippen LogP contribution in [0.25, 0.3) is 0 Å². The molecule has 9 heteroatoms. The molecule has 39 heavy (non-hydrogen) atoms. The Kier molecular flexibility index (Phi) is 8.46. The summed E-state index contributed by atoms with van der Waals surface area (Å²) in [6.45, 7) is 0. The van der Waals surface area contributed by atoms with Gasteiger partial charge in [-0.15, -0.1) is 0 Å². The van der Waals surface area contributed by atoms with E-state index in [-0.39, 0.29) is 23.5 Å². The van der Waals surface area contributed by atoms with Crippen molar-refractivity contribution < 1.29 is 19.4 Å². The Balaban J connectivity index is 1.20. The smallest absolute Gasteiger partial charge is 0.343 e. The van der Waals surface area contributed by atoms with Crippen LogP contribution < -0.4 is 10.6 Å². The molecule has 204 valence electrons. The Morgan fingerprint density at radius 3 is 2.49 bits per heavy atom. The van der Waals surface area contributed by atoms with Crippen molar-refractivity contribution in [1.29, 1.82) is 0 Å². The number of aromatic nitrogens is 3. The number of aryl methyl sites for hydroxylation is 2. The molecule has 0 radical (unpaired) electrons. The zero-order valence-corrected chi connectivity index (χ0v) is 22.2. The predicted octanol–water partition coefficient (Wildman–Crippen LogP) is 4.89. The summed E-state index contributed by atoms with van der Waals surface area (Å²) < 4.78 is 4.90. The molecule has 0 amide bonds. The Hall–Kier alpha value is -3.85. The number of methoxy groups -OCH3 is 1. The molecular formula is C30H35N5O4. The fraction of sp³-hybridized carbons (Fsp3) is 0.433. The first-order chi connectivity index (χ1) is 19.0. The number of hydrogen-bond acceptors (Lipinski definition) is 9. The average Bonchev–Trinajstić information content (AvgIpc) is 3.78. The van der Waals surface area contributed by atoms with Gasteiger partial charge in [0.1, 0.15) is 11.4 Å². The van der Waals surface area contributed by atoms with E-state index in [1.807, 2.05) is 36.4 Å². The second kappa shape index (κ2) is 12.3. The Bertz CT molecular complexity index is 1300. The third-order valence-electron chi connectivity index (χ3n) is 7.42. The Labute approximate surface area is 228 Å². The van der Waals surface area contributed by atoms with Crippen LogP contribution in [0.2, 0.25) is 0 Å². The van der Waals surface area contributed by atoms with E-state index in [0.29, 0.717) is 36.9 Å². The zero-order chi connectivity index (χ0) is 27.2. The molecular weight excluding hydrogens is 494 g/mol. The van der Waals surface area contributed by atoms with Gasteiger partial charge in [0.15, 0.2) is 5.78 Å². The topological polar surface area (TPSA) is 126 Å². The van der Waals surface area contributed by atoms with Gasteiger partial charge in [-0.25, -0.2) is 9.78 Å². The van der Waals surface area contributed by atoms with E-state index < -0.39 is 5.97 Å². The van der Waals surface area contributed by atoms with Crippen LogP contribution in [0.15, 0.2) is 48.8 Å². The molecule has 0 saturated heterocycles. The van der Waals surface area contributed by atoms with E-state index in [0.717, 1.165) is 48.2 Å². The number of anilines is 3. The number of nitrogens with zero attached hydrogens (tertiary/aromatic N) is 3. The number of aliphatic hydroxyl groups is 1. The average molecular weight is 530 g/mol. The number of carbonyl (C=O) groups is 2. The summed E-state index contributed by atoms with van der Waals surface area (Å²) >= 11 is 0. The molecule has 3 N–H and O–H groups in total. The fourth-order valence-corrected chi connectivity index (χ4v) is 4.87. The van der Waals surface area contributed by atoms with Gasteiger partial charge in [0.25, 0.3) is 0 Å². The molecule has 9 nitrogen and oxygen atoms in total. The molecule has 2 aromatic heterocycles. The zero-order valence-electron chi connectivity index (χ0n) is 22.2. The normalized spacial score (nSPS) is 18.8. The van der Waals surface area contributed by atoms with E-state index in [1.165, 1.54) is 26.1 Å². The van der Waals surface area contributed by atoms with Crippen molar-refractivity contribution in [3.63, 3.8) is 0 Å². The van der Waals surface area contributed by atoms with Crippen molar-refractivity contribution in [3.8, 4) is 0 Å². The number of benzene rings is 1. The van der Waals surface area contributed by atoms with Crippen LogP contribution in [0.5, 0.6) is 0 Å². The Morgan fingerprint density at radius 1 is 1.00 bits per heavy atom. The Morgan fingerprint density at radius 2 is 1.77 bits per heavy atom. The summed E-state index contributed by atoms with van der Waals surface area (Å²) in [6, 6.07) is 11.9. The van der Waals surface area contributed by atoms with Crippen molar-refractivity contribution in [3.05, 3.63) is 71.2 Å². The number of esters is 1. The van der Waals surface area contributed by atoms with Gasteiger partial charge < -0.3 is 20.5 Å². The van der Waals surface area contributed by atoms with Gasteiger partial charge in [-0.05, 0) is 87.1 Å². The third-order valence-corrected chi connectivity index (χ3v) is 7.42. The van der Waals surface area contributed by atoms with Gasteiger partial charge in [0.05, 0.1) is 13.2 Å². The van der Waals surface area contributed by atoms with Crippen LogP contribution in [0.3, 0.4) is 0 Å². The summed E-state index contributed by atoms with van der Waals surface area (Å²) in [7, 11) is 1.33. The quantitative estimate of drug-likeness (QED) is 0.235. The summed E-state index contributed by atoms with van der Waals surface area (Å²) in [5, 5.41) is 16.4. The van der Waals surface area contributed by atoms with E-state index in [2.05, 4.69) is 25.6 Å². The second-order valence-corrected chi connectivity index (χ2v) is 10.5. The molecule has 2 aliphatic rings. The number of ether oxygens (including phenoxy) is 1. The van der Waals surface area contributed by atoms with Gasteiger partial charge >= 0.3 is 5.97 Å². The number of pyridine rings is 1. The highest BCUT2D eigenvalue weighted by Crippen LogP contribution is 2.33. The minimum atomic E-state index is -0.503. The van der Waals surface area contributed by atoms with Gasteiger partial charge in [-0.3, -0.25) is 9.78 Å². The number of Topliss-reactive ketones (excluding diaryl/α,β-unsaturated/α-hetero) is 1. The van der Waals surface area contributed by atoms with Crippen molar-refractivity contribution in [2.75, 3.05) is 17.7 Å². The monoisotopic (exact) mass is 529 g/mol. The maximum absolute atomic E-state index is 12.4. The molecule has 2 fully saturated rings. The highest BCUT2D eigenvalue weighted by atomic mass is 16.5. The molecule has 0 spiro atoms. The molecule has 0 bridgehead atoms. The van der Waals surface area contributed by atoms with Crippen LogP contribution in [-0.4, -0.2) is 51.1 Å². The van der Waals surface area contributed by atoms with Crippen molar-refractivity contribution in [2.24, 2.45) is 5.92 Å². The number of nitrogens with one attached hydrogen (secondary N) is 2. The molecule has 1 aromatic carbocycles. The van der Waals surface area contributed by atoms with E-state index in [4.69, 9.17) is 4.74 Å². The summed E-state index contributed by atoms with van der Waals surface area (Å²) in [5.41, 5.74) is 3.93. The minimum absolute atomic E-state index is 0.116. The molecule has 2 heterocycles. The molecule has 0 atom stereocenters. The number of aliphatic hydroxyl groups excluding tert-OH is 1. The highest BCUT2D eigenvalue weighted by Gasteiger charge is 2.25. The summed E-state index contributed by atoms with van der Waals surface area (Å²) in [6.07, 6.45) is 10.5. The number of carbonyl (C=O) groups excluding carboxylic acids is 2. The fourth-order valence-electron chi connectivity index (χ4n) is 4.87. The van der Waals surface area contributed by atoms with Crippen molar-refractivity contribution in [1.82, 2.24) is 15.0 Å². The predicted molar refractivity (Wildman–Crippen MR) is 148 cm³/mol. The first kappa shape index (κ1) is 26.7. The lowest BCUT2D eigenvalue weighted by Gasteiger charge is -2.27. The first-order valence-electron chi connectivity index (χ1n) is 13.7. The van der Waals surface area contributed by atoms with Crippen LogP contribution in [0, 0.1) is 5.92 Å². The molecule has 0 unspecified atom stereocenters. The molecule has 2 saturated carbocycles. The number of rotatable bonds is 11. The highest BCUT2D eigenvalue weighted by molar-refractivity contribution is 5.96. The lowest BCUT2D eigenvalue weighted by molar-refractivity contribution is 0.0600. The molecule has 2 aliphatic carbocycles. The van der Waals surface area contributed by atoms with Gasteiger partial charge in [-0.2, -0.15) is 4.98 Å². The van der Waals surface area contributed by atoms with Crippen molar-refractivity contribution in [2.45, 2.75) is 69.9 Å². The van der Waals surface area contributed by atoms with E-state index in [1.54, 1.807) is 6.20 Å². The van der Waals surface area contributed by atoms with Crippen LogP contribution >= 0.6 is 0 Å². The molecule has 3 aromatic rings.